The Morgan fingerprint density at radius 1 is 1.37 bits per heavy atom. The molecule has 0 bridgehead atoms. The topological polar surface area (TPSA) is 44.3 Å². The zero-order valence-corrected chi connectivity index (χ0v) is 11.9. The first-order valence-corrected chi connectivity index (χ1v) is 7.06. The van der Waals surface area contributed by atoms with E-state index in [1.54, 1.807) is 7.11 Å². The Hall–Kier alpha value is -1.26. The molecule has 1 aromatic carbocycles. The lowest BCUT2D eigenvalue weighted by Crippen LogP contribution is -2.84. The second-order valence-corrected chi connectivity index (χ2v) is 4.78. The average Bonchev–Trinajstić information content (AvgIpc) is 2.94. The molecule has 4 nitrogen and oxygen atoms in total. The lowest BCUT2D eigenvalue weighted by atomic mass is 10.2. The number of ether oxygens (including phenoxy) is 3. The summed E-state index contributed by atoms with van der Waals surface area (Å²) in [5.41, 5.74) is 1.25. The van der Waals surface area contributed by atoms with Gasteiger partial charge in [0.2, 0.25) is 0 Å². The molecular weight excluding hydrogens is 242 g/mol. The first kappa shape index (κ1) is 14.2. The highest BCUT2D eigenvalue weighted by atomic mass is 16.5. The Balaban J connectivity index is 1.85. The molecule has 2 N–H and O–H groups in total. The fourth-order valence-corrected chi connectivity index (χ4v) is 2.38. The second kappa shape index (κ2) is 7.36. The van der Waals surface area contributed by atoms with Gasteiger partial charge in [-0.1, -0.05) is 0 Å². The summed E-state index contributed by atoms with van der Waals surface area (Å²) in [6, 6.07) is 6.13. The van der Waals surface area contributed by atoms with E-state index in [1.165, 1.54) is 18.4 Å². The van der Waals surface area contributed by atoms with Crippen LogP contribution in [0.5, 0.6) is 11.5 Å². The molecule has 4 heteroatoms. The molecule has 1 atom stereocenters. The summed E-state index contributed by atoms with van der Waals surface area (Å²) in [7, 11) is 1.68. The predicted octanol–water partition coefficient (Wildman–Crippen LogP) is 1.34. The Kier molecular flexibility index (Phi) is 5.48. The van der Waals surface area contributed by atoms with E-state index in [0.29, 0.717) is 12.7 Å². The van der Waals surface area contributed by atoms with Crippen LogP contribution in [0.25, 0.3) is 0 Å². The maximum absolute atomic E-state index is 5.61. The van der Waals surface area contributed by atoms with Crippen molar-refractivity contribution in [2.24, 2.45) is 0 Å². The third-order valence-electron chi connectivity index (χ3n) is 3.36. The maximum Gasteiger partial charge on any atom is 0.161 e. The minimum absolute atomic E-state index is 0.435. The van der Waals surface area contributed by atoms with Crippen molar-refractivity contribution in [2.45, 2.75) is 32.4 Å². The van der Waals surface area contributed by atoms with Crippen molar-refractivity contribution >= 4 is 0 Å². The van der Waals surface area contributed by atoms with Crippen LogP contribution in [0.15, 0.2) is 18.2 Å². The van der Waals surface area contributed by atoms with Gasteiger partial charge in [0.1, 0.15) is 19.2 Å². The van der Waals surface area contributed by atoms with Gasteiger partial charge in [-0.3, -0.25) is 0 Å². The first-order chi connectivity index (χ1) is 9.33. The Bertz CT molecular complexity index is 389. The molecular formula is C15H24NO3+. The number of methoxy groups -OCH3 is 1. The molecule has 0 spiro atoms. The molecule has 0 amide bonds. The molecule has 1 aliphatic heterocycles. The van der Waals surface area contributed by atoms with Gasteiger partial charge in [-0.25, -0.2) is 0 Å². The minimum atomic E-state index is 0.435. The van der Waals surface area contributed by atoms with Gasteiger partial charge in [-0.2, -0.15) is 0 Å². The van der Waals surface area contributed by atoms with Gasteiger partial charge in [0.25, 0.3) is 0 Å². The Labute approximate surface area is 115 Å². The van der Waals surface area contributed by atoms with Gasteiger partial charge in [0.05, 0.1) is 13.7 Å². The van der Waals surface area contributed by atoms with E-state index in [1.807, 2.05) is 13.0 Å². The standard InChI is InChI=1S/C15H23NO3/c1-3-18-14-7-6-12(9-15(14)17-2)10-16-11-13-5-4-8-19-13/h6-7,9,13,16H,3-5,8,10-11H2,1-2H3/p+1/t13-/m0/s1. The van der Waals surface area contributed by atoms with Gasteiger partial charge in [0.15, 0.2) is 11.5 Å². The molecule has 0 radical (unpaired) electrons. The van der Waals surface area contributed by atoms with E-state index < -0.39 is 0 Å². The van der Waals surface area contributed by atoms with Gasteiger partial charge < -0.3 is 19.5 Å². The summed E-state index contributed by atoms with van der Waals surface area (Å²) in [5.74, 6) is 1.62. The SMILES string of the molecule is CCOc1ccc(C[NH2+]C[C@@H]2CCCO2)cc1OC. The number of benzene rings is 1. The highest BCUT2D eigenvalue weighted by molar-refractivity contribution is 5.42. The summed E-state index contributed by atoms with van der Waals surface area (Å²) < 4.78 is 16.5. The second-order valence-electron chi connectivity index (χ2n) is 4.78. The van der Waals surface area contributed by atoms with Crippen molar-refractivity contribution < 1.29 is 19.5 Å². The molecule has 106 valence electrons. The maximum atomic E-state index is 5.61. The third kappa shape index (κ3) is 4.11. The fraction of sp³-hybridized carbons (Fsp3) is 0.600. The van der Waals surface area contributed by atoms with Crippen molar-refractivity contribution in [3.63, 3.8) is 0 Å². The number of hydrogen-bond acceptors (Lipinski definition) is 3. The van der Waals surface area contributed by atoms with Crippen molar-refractivity contribution in [2.75, 3.05) is 26.9 Å². The van der Waals surface area contributed by atoms with Crippen LogP contribution in [-0.4, -0.2) is 33.0 Å². The summed E-state index contributed by atoms with van der Waals surface area (Å²) in [6.45, 7) is 5.54. The molecule has 1 fully saturated rings. The molecule has 1 aromatic rings. The van der Waals surface area contributed by atoms with Crippen LogP contribution in [-0.2, 0) is 11.3 Å². The molecule has 1 saturated heterocycles. The fourth-order valence-electron chi connectivity index (χ4n) is 2.38. The van der Waals surface area contributed by atoms with Crippen LogP contribution in [0.2, 0.25) is 0 Å². The van der Waals surface area contributed by atoms with E-state index in [9.17, 15) is 0 Å². The van der Waals surface area contributed by atoms with Crippen molar-refractivity contribution in [1.29, 1.82) is 0 Å². The van der Waals surface area contributed by atoms with Gasteiger partial charge in [0, 0.05) is 12.2 Å². The van der Waals surface area contributed by atoms with Crippen LogP contribution in [0.4, 0.5) is 0 Å². The molecule has 0 unspecified atom stereocenters. The molecule has 2 rings (SSSR count). The Morgan fingerprint density at radius 3 is 2.95 bits per heavy atom. The first-order valence-electron chi connectivity index (χ1n) is 7.06. The Morgan fingerprint density at radius 2 is 2.26 bits per heavy atom. The van der Waals surface area contributed by atoms with E-state index in [2.05, 4.69) is 17.4 Å². The smallest absolute Gasteiger partial charge is 0.161 e. The highest BCUT2D eigenvalue weighted by Gasteiger charge is 2.16. The van der Waals surface area contributed by atoms with Crippen LogP contribution in [0, 0.1) is 0 Å². The molecule has 1 heterocycles. The monoisotopic (exact) mass is 266 g/mol. The number of rotatable bonds is 7. The van der Waals surface area contributed by atoms with Crippen molar-refractivity contribution in [1.82, 2.24) is 0 Å². The summed E-state index contributed by atoms with van der Waals surface area (Å²) >= 11 is 0. The molecule has 0 aliphatic carbocycles. The third-order valence-corrected chi connectivity index (χ3v) is 3.36. The minimum Gasteiger partial charge on any atom is -0.493 e. The summed E-state index contributed by atoms with van der Waals surface area (Å²) in [4.78, 5) is 0. The molecule has 19 heavy (non-hydrogen) atoms. The van der Waals surface area contributed by atoms with Crippen LogP contribution < -0.4 is 14.8 Å². The number of quaternary nitrogens is 1. The quantitative estimate of drug-likeness (QED) is 0.810. The molecule has 1 aliphatic rings. The van der Waals surface area contributed by atoms with Gasteiger partial charge in [-0.05, 0) is 38.0 Å². The zero-order chi connectivity index (χ0) is 13.5. The summed E-state index contributed by atoms with van der Waals surface area (Å²) in [5, 5.41) is 2.30. The van der Waals surface area contributed by atoms with Crippen LogP contribution >= 0.6 is 0 Å². The normalized spacial score (nSPS) is 18.5. The van der Waals surface area contributed by atoms with E-state index in [4.69, 9.17) is 14.2 Å². The van der Waals surface area contributed by atoms with Crippen molar-refractivity contribution in [3.8, 4) is 11.5 Å². The number of nitrogens with two attached hydrogens (primary N) is 1. The van der Waals surface area contributed by atoms with E-state index in [0.717, 1.165) is 31.2 Å². The van der Waals surface area contributed by atoms with Crippen molar-refractivity contribution in [3.05, 3.63) is 23.8 Å². The zero-order valence-electron chi connectivity index (χ0n) is 11.9. The summed E-state index contributed by atoms with van der Waals surface area (Å²) in [6.07, 6.45) is 2.84. The number of hydrogen-bond donors (Lipinski definition) is 1. The lowest BCUT2D eigenvalue weighted by Gasteiger charge is -2.11. The van der Waals surface area contributed by atoms with Gasteiger partial charge >= 0.3 is 0 Å². The van der Waals surface area contributed by atoms with E-state index >= 15 is 0 Å². The molecule has 0 aromatic heterocycles. The van der Waals surface area contributed by atoms with Crippen LogP contribution in [0.1, 0.15) is 25.3 Å². The van der Waals surface area contributed by atoms with Gasteiger partial charge in [-0.15, -0.1) is 0 Å². The molecule has 0 saturated carbocycles. The highest BCUT2D eigenvalue weighted by Crippen LogP contribution is 2.27. The lowest BCUT2D eigenvalue weighted by molar-refractivity contribution is -0.676. The van der Waals surface area contributed by atoms with Crippen LogP contribution in [0.3, 0.4) is 0 Å². The average molecular weight is 266 g/mol. The largest absolute Gasteiger partial charge is 0.493 e. The predicted molar refractivity (Wildman–Crippen MR) is 73.6 cm³/mol. The van der Waals surface area contributed by atoms with E-state index in [-0.39, 0.29) is 0 Å².